The zero-order chi connectivity index (χ0) is 24.1. The van der Waals surface area contributed by atoms with Gasteiger partial charge in [-0.3, -0.25) is 0 Å². The Bertz CT molecular complexity index is 682. The van der Waals surface area contributed by atoms with E-state index in [4.69, 9.17) is 0 Å². The number of amides is 1. The number of nitrogens with zero attached hydrogens (tertiary/aromatic N) is 1. The number of carbonyl (C=O) groups excluding carboxylic acids is 1. The molecule has 0 fully saturated rings. The first-order valence-electron chi connectivity index (χ1n) is 11.2. The second kappa shape index (κ2) is 15.7. The zero-order valence-electron chi connectivity index (χ0n) is 19.4. The summed E-state index contributed by atoms with van der Waals surface area (Å²) in [6.45, 7) is 5.59. The van der Waals surface area contributed by atoms with E-state index in [9.17, 15) is 19.8 Å². The van der Waals surface area contributed by atoms with Gasteiger partial charge in [0.2, 0.25) is 0 Å². The third-order valence-electron chi connectivity index (χ3n) is 5.83. The second-order valence-electron chi connectivity index (χ2n) is 8.40. The molecule has 0 saturated heterocycles. The van der Waals surface area contributed by atoms with Crippen LogP contribution in [-0.2, 0) is 16.0 Å². The maximum absolute atomic E-state index is 13.2. The van der Waals surface area contributed by atoms with Crippen LogP contribution in [0.25, 0.3) is 0 Å². The summed E-state index contributed by atoms with van der Waals surface area (Å²) in [6.07, 6.45) is 1.46. The Morgan fingerprint density at radius 1 is 1.25 bits per heavy atom. The SMILES string of the molecule is CCC(C)C(CN(C)C(Cc1ccccc1)C(=O)NC(CCO)C(=O)O)NC[C@H]([AsH2])CS. The molecule has 0 aliphatic heterocycles. The number of hydrogen-bond donors (Lipinski definition) is 5. The van der Waals surface area contributed by atoms with Gasteiger partial charge in [0, 0.05) is 0 Å². The first-order chi connectivity index (χ1) is 15.2. The monoisotopic (exact) mass is 529 g/mol. The summed E-state index contributed by atoms with van der Waals surface area (Å²) in [5.41, 5.74) is 1.01. The quantitative estimate of drug-likeness (QED) is 0.161. The Balaban J connectivity index is 3.04. The first kappa shape index (κ1) is 29.0. The molecular weight excluding hydrogens is 489 g/mol. The minimum atomic E-state index is -1.14. The number of aliphatic hydroxyl groups is 1. The van der Waals surface area contributed by atoms with Crippen LogP contribution in [0.15, 0.2) is 30.3 Å². The molecule has 1 rings (SSSR count). The van der Waals surface area contributed by atoms with E-state index in [1.807, 2.05) is 42.3 Å². The van der Waals surface area contributed by atoms with Crippen molar-refractivity contribution in [1.82, 2.24) is 15.5 Å². The number of rotatable bonds is 16. The molecule has 0 radical (unpaired) electrons. The molecule has 5 unspecified atom stereocenters. The molecule has 0 bridgehead atoms. The van der Waals surface area contributed by atoms with Crippen molar-refractivity contribution in [1.29, 1.82) is 0 Å². The normalized spacial score (nSPS) is 16.2. The Labute approximate surface area is 206 Å². The number of aliphatic carboxylic acids is 1. The van der Waals surface area contributed by atoms with Gasteiger partial charge in [-0.1, -0.05) is 0 Å². The van der Waals surface area contributed by atoms with Crippen LogP contribution in [-0.4, -0.2) is 94.5 Å². The maximum atomic E-state index is 13.2. The van der Waals surface area contributed by atoms with Crippen LogP contribution in [0.4, 0.5) is 0 Å². The first-order valence-corrected chi connectivity index (χ1v) is 13.2. The summed E-state index contributed by atoms with van der Waals surface area (Å²) in [5, 5.41) is 24.9. The number of carboxylic acids is 1. The molecule has 182 valence electrons. The fraction of sp³-hybridized carbons (Fsp3) is 0.652. The van der Waals surface area contributed by atoms with Crippen LogP contribution >= 0.6 is 12.6 Å². The number of likely N-dealkylation sites (N-methyl/N-ethyl adjacent to an activating group) is 1. The standard InChI is InChI=1S/C23H40AsN3O4S/c1-4-16(2)20(25-13-18(24)15-32)14-27(3)21(12-17-8-6-5-7-9-17)22(29)26-19(10-11-28)23(30)31/h5-9,16,18-21,25,28,32H,4,10-15,24H2,1-3H3,(H,26,29)(H,30,31)/t16?,18-,19?,20?,21?/m0/s1. The molecule has 1 amide bonds. The van der Waals surface area contributed by atoms with Gasteiger partial charge in [-0.2, -0.15) is 0 Å². The van der Waals surface area contributed by atoms with Gasteiger partial charge in [-0.05, 0) is 0 Å². The number of nitrogens with one attached hydrogen (secondary N) is 2. The number of benzene rings is 1. The van der Waals surface area contributed by atoms with Crippen molar-refractivity contribution in [3.63, 3.8) is 0 Å². The summed E-state index contributed by atoms with van der Waals surface area (Å²) >= 11 is 6.05. The van der Waals surface area contributed by atoms with Gasteiger partial charge in [0.15, 0.2) is 0 Å². The van der Waals surface area contributed by atoms with Gasteiger partial charge in [0.05, 0.1) is 0 Å². The van der Waals surface area contributed by atoms with Gasteiger partial charge in [-0.25, -0.2) is 0 Å². The zero-order valence-corrected chi connectivity index (χ0v) is 22.7. The molecule has 7 nitrogen and oxygen atoms in total. The molecule has 9 heteroatoms. The van der Waals surface area contributed by atoms with Gasteiger partial charge >= 0.3 is 202 Å². The molecular formula is C23H40AsN3O4S. The van der Waals surface area contributed by atoms with E-state index >= 15 is 0 Å². The van der Waals surface area contributed by atoms with Gasteiger partial charge in [0.1, 0.15) is 0 Å². The molecule has 0 spiro atoms. The molecule has 0 heterocycles. The van der Waals surface area contributed by atoms with Crippen LogP contribution in [0, 0.1) is 5.92 Å². The number of carboxylic acid groups (broad SMARTS) is 1. The van der Waals surface area contributed by atoms with Crippen molar-refractivity contribution in [2.75, 3.05) is 32.5 Å². The Hall–Kier alpha value is -1.05. The molecule has 1 aromatic carbocycles. The Morgan fingerprint density at radius 2 is 1.91 bits per heavy atom. The molecule has 0 aromatic heterocycles. The molecule has 1 aromatic rings. The van der Waals surface area contributed by atoms with Crippen molar-refractivity contribution < 1.29 is 19.8 Å². The molecule has 4 N–H and O–H groups in total. The second-order valence-corrected chi connectivity index (χ2v) is 10.7. The van der Waals surface area contributed by atoms with Crippen LogP contribution in [0.5, 0.6) is 0 Å². The van der Waals surface area contributed by atoms with E-state index in [1.54, 1.807) is 16.9 Å². The average molecular weight is 530 g/mol. The summed E-state index contributed by atoms with van der Waals surface area (Å²) in [4.78, 5) is 26.7. The van der Waals surface area contributed by atoms with E-state index in [-0.39, 0.29) is 25.0 Å². The summed E-state index contributed by atoms with van der Waals surface area (Å²) < 4.78 is 0.501. The Morgan fingerprint density at radius 3 is 2.44 bits per heavy atom. The Kier molecular flexibility index (Phi) is 14.2. The summed E-state index contributed by atoms with van der Waals surface area (Å²) in [7, 11) is 1.91. The van der Waals surface area contributed by atoms with E-state index in [0.29, 0.717) is 23.6 Å². The van der Waals surface area contributed by atoms with Crippen molar-refractivity contribution >= 4 is 41.4 Å². The van der Waals surface area contributed by atoms with E-state index in [2.05, 4.69) is 37.1 Å². The number of carbonyl (C=O) groups is 2. The molecule has 0 aliphatic carbocycles. The predicted molar refractivity (Wildman–Crippen MR) is 135 cm³/mol. The fourth-order valence-electron chi connectivity index (χ4n) is 3.48. The molecule has 0 saturated carbocycles. The van der Waals surface area contributed by atoms with E-state index in [1.165, 1.54) is 0 Å². The number of hydrogen-bond acceptors (Lipinski definition) is 6. The van der Waals surface area contributed by atoms with Gasteiger partial charge in [0.25, 0.3) is 0 Å². The molecule has 6 atom stereocenters. The van der Waals surface area contributed by atoms with E-state index < -0.39 is 18.1 Å². The van der Waals surface area contributed by atoms with Crippen LogP contribution in [0.3, 0.4) is 0 Å². The van der Waals surface area contributed by atoms with Crippen molar-refractivity contribution in [2.24, 2.45) is 5.92 Å². The van der Waals surface area contributed by atoms with E-state index in [0.717, 1.165) is 24.3 Å². The number of aliphatic hydroxyl groups excluding tert-OH is 1. The molecule has 0 aliphatic rings. The predicted octanol–water partition coefficient (Wildman–Crippen LogP) is 0.837. The van der Waals surface area contributed by atoms with Crippen molar-refractivity contribution in [3.8, 4) is 0 Å². The molecule has 32 heavy (non-hydrogen) atoms. The summed E-state index contributed by atoms with van der Waals surface area (Å²) in [5.74, 6) is -0.239. The van der Waals surface area contributed by atoms with Crippen LogP contribution in [0.2, 0.25) is 4.71 Å². The van der Waals surface area contributed by atoms with Crippen LogP contribution < -0.4 is 10.6 Å². The third kappa shape index (κ3) is 10.3. The van der Waals surface area contributed by atoms with Crippen molar-refractivity contribution in [3.05, 3.63) is 35.9 Å². The van der Waals surface area contributed by atoms with Gasteiger partial charge < -0.3 is 5.11 Å². The van der Waals surface area contributed by atoms with Gasteiger partial charge in [-0.15, -0.1) is 0 Å². The topological polar surface area (TPSA) is 102 Å². The fourth-order valence-corrected chi connectivity index (χ4v) is 3.89. The summed E-state index contributed by atoms with van der Waals surface area (Å²) in [6, 6.07) is 8.28. The van der Waals surface area contributed by atoms with Crippen molar-refractivity contribution in [2.45, 2.75) is 55.9 Å². The third-order valence-corrected chi connectivity index (χ3v) is 8.12. The minimum absolute atomic E-state index is 0.0245. The van der Waals surface area contributed by atoms with Crippen LogP contribution in [0.1, 0.15) is 32.3 Å². The number of thiol groups is 1. The average Bonchev–Trinajstić information content (AvgIpc) is 2.79.